The van der Waals surface area contributed by atoms with E-state index < -0.39 is 0 Å². The maximum absolute atomic E-state index is 13.8. The van der Waals surface area contributed by atoms with Gasteiger partial charge in [-0.15, -0.1) is 0 Å². The van der Waals surface area contributed by atoms with Crippen LogP contribution in [0.15, 0.2) is 94.8 Å². The Morgan fingerprint density at radius 2 is 1.75 bits per heavy atom. The number of aromatic nitrogens is 2. The van der Waals surface area contributed by atoms with E-state index in [4.69, 9.17) is 14.5 Å². The summed E-state index contributed by atoms with van der Waals surface area (Å²) in [5.74, 6) is 1.69. The van der Waals surface area contributed by atoms with Crippen molar-refractivity contribution in [2.24, 2.45) is 5.10 Å². The third kappa shape index (κ3) is 6.86. The Labute approximate surface area is 257 Å². The van der Waals surface area contributed by atoms with Crippen LogP contribution in [0.5, 0.6) is 11.5 Å². The molecule has 8 nitrogen and oxygen atoms in total. The molecule has 0 aliphatic carbocycles. The zero-order valence-corrected chi connectivity index (χ0v) is 25.6. The van der Waals surface area contributed by atoms with Gasteiger partial charge in [0, 0.05) is 11.3 Å². The molecule has 224 valence electrons. The van der Waals surface area contributed by atoms with Gasteiger partial charge in [0.15, 0.2) is 12.4 Å². The molecular weight excluding hydrogens is 552 g/mol. The van der Waals surface area contributed by atoms with E-state index >= 15 is 0 Å². The highest BCUT2D eigenvalue weighted by Crippen LogP contribution is 2.34. The van der Waals surface area contributed by atoms with Gasteiger partial charge in [0.25, 0.3) is 11.5 Å². The molecule has 0 aliphatic rings. The largest absolute Gasteiger partial charge is 0.494 e. The van der Waals surface area contributed by atoms with Gasteiger partial charge in [-0.3, -0.25) is 9.59 Å². The number of benzene rings is 4. The summed E-state index contributed by atoms with van der Waals surface area (Å²) >= 11 is 0. The number of hydrogen-bond donors (Lipinski definition) is 1. The molecule has 4 aromatic carbocycles. The number of anilines is 1. The normalized spacial score (nSPS) is 11.3. The van der Waals surface area contributed by atoms with Crippen molar-refractivity contribution >= 4 is 28.7 Å². The molecule has 0 saturated carbocycles. The van der Waals surface area contributed by atoms with Crippen molar-refractivity contribution < 1.29 is 14.3 Å². The Morgan fingerprint density at radius 1 is 0.977 bits per heavy atom. The summed E-state index contributed by atoms with van der Waals surface area (Å²) in [7, 11) is 0. The van der Waals surface area contributed by atoms with Gasteiger partial charge in [0.1, 0.15) is 11.5 Å². The number of hydrogen-bond acceptors (Lipinski definition) is 6. The van der Waals surface area contributed by atoms with Gasteiger partial charge in [-0.25, -0.2) is 4.98 Å². The molecule has 1 N–H and O–H groups in total. The van der Waals surface area contributed by atoms with Crippen LogP contribution in [-0.4, -0.2) is 35.0 Å². The fourth-order valence-electron chi connectivity index (χ4n) is 4.87. The average molecular weight is 589 g/mol. The molecular formula is C36H36N4O4. The number of ether oxygens (including phenoxy) is 2. The van der Waals surface area contributed by atoms with Crippen LogP contribution in [-0.2, 0) is 4.79 Å². The van der Waals surface area contributed by atoms with Crippen molar-refractivity contribution in [2.45, 2.75) is 40.5 Å². The predicted octanol–water partition coefficient (Wildman–Crippen LogP) is 7.10. The molecule has 1 aromatic heterocycles. The Hall–Kier alpha value is -5.24. The van der Waals surface area contributed by atoms with Crippen LogP contribution in [0.25, 0.3) is 22.3 Å². The Kier molecular flexibility index (Phi) is 9.19. The highest BCUT2D eigenvalue weighted by atomic mass is 16.5. The van der Waals surface area contributed by atoms with Crippen LogP contribution in [0, 0.1) is 13.8 Å². The second kappa shape index (κ2) is 13.4. The number of carbonyl (C=O) groups excluding carboxylic acids is 1. The first-order valence-electron chi connectivity index (χ1n) is 14.7. The first-order valence-corrected chi connectivity index (χ1v) is 14.7. The maximum Gasteiger partial charge on any atom is 0.282 e. The van der Waals surface area contributed by atoms with Gasteiger partial charge in [-0.05, 0) is 91.9 Å². The summed E-state index contributed by atoms with van der Waals surface area (Å²) in [6.45, 7) is 10.6. The van der Waals surface area contributed by atoms with Crippen molar-refractivity contribution in [3.8, 4) is 22.9 Å². The molecule has 0 fully saturated rings. The number of para-hydroxylation sites is 1. The molecule has 0 radical (unpaired) electrons. The zero-order valence-electron chi connectivity index (χ0n) is 25.6. The molecule has 0 unspecified atom stereocenters. The van der Waals surface area contributed by atoms with Crippen molar-refractivity contribution in [1.29, 1.82) is 0 Å². The maximum atomic E-state index is 13.8. The van der Waals surface area contributed by atoms with E-state index in [9.17, 15) is 9.59 Å². The van der Waals surface area contributed by atoms with Crippen LogP contribution >= 0.6 is 0 Å². The zero-order chi connectivity index (χ0) is 31.2. The molecule has 1 heterocycles. The van der Waals surface area contributed by atoms with E-state index in [1.54, 1.807) is 24.4 Å². The lowest BCUT2D eigenvalue weighted by Gasteiger charge is -2.18. The van der Waals surface area contributed by atoms with E-state index in [0.29, 0.717) is 40.3 Å². The number of nitrogens with zero attached hydrogens (tertiary/aromatic N) is 3. The van der Waals surface area contributed by atoms with E-state index in [1.807, 2.05) is 87.5 Å². The Balaban J connectivity index is 1.46. The van der Waals surface area contributed by atoms with Crippen molar-refractivity contribution in [1.82, 2.24) is 9.66 Å². The van der Waals surface area contributed by atoms with Crippen LogP contribution in [0.1, 0.15) is 48.9 Å². The summed E-state index contributed by atoms with van der Waals surface area (Å²) in [5, 5.41) is 7.92. The molecule has 1 amide bonds. The molecule has 44 heavy (non-hydrogen) atoms. The molecule has 0 bridgehead atoms. The molecule has 0 saturated heterocycles. The number of rotatable bonds is 10. The highest BCUT2D eigenvalue weighted by Gasteiger charge is 2.18. The Morgan fingerprint density at radius 3 is 2.50 bits per heavy atom. The molecule has 5 aromatic rings. The van der Waals surface area contributed by atoms with Gasteiger partial charge in [0.2, 0.25) is 0 Å². The average Bonchev–Trinajstić information content (AvgIpc) is 3.01. The summed E-state index contributed by atoms with van der Waals surface area (Å²) in [5.41, 5.74) is 5.58. The monoisotopic (exact) mass is 588 g/mol. The second-order valence-electron chi connectivity index (χ2n) is 10.9. The van der Waals surface area contributed by atoms with E-state index in [0.717, 1.165) is 28.0 Å². The number of amides is 1. The van der Waals surface area contributed by atoms with E-state index in [1.165, 1.54) is 4.68 Å². The third-order valence-electron chi connectivity index (χ3n) is 7.16. The highest BCUT2D eigenvalue weighted by molar-refractivity contribution is 5.92. The number of aryl methyl sites for hydroxylation is 2. The summed E-state index contributed by atoms with van der Waals surface area (Å²) < 4.78 is 13.0. The molecule has 0 atom stereocenters. The minimum absolute atomic E-state index is 0.151. The van der Waals surface area contributed by atoms with Crippen molar-refractivity contribution in [3.05, 3.63) is 118 Å². The van der Waals surface area contributed by atoms with Crippen LogP contribution < -0.4 is 20.3 Å². The van der Waals surface area contributed by atoms with Crippen LogP contribution in [0.3, 0.4) is 0 Å². The second-order valence-corrected chi connectivity index (χ2v) is 10.9. The number of nitrogens with one attached hydrogen (secondary N) is 1. The molecule has 5 rings (SSSR count). The van der Waals surface area contributed by atoms with Crippen LogP contribution in [0.2, 0.25) is 0 Å². The van der Waals surface area contributed by atoms with Gasteiger partial charge in [0.05, 0.1) is 23.7 Å². The Bertz CT molecular complexity index is 1890. The lowest BCUT2D eigenvalue weighted by atomic mass is 9.96. The van der Waals surface area contributed by atoms with Gasteiger partial charge in [-0.2, -0.15) is 9.78 Å². The van der Waals surface area contributed by atoms with Gasteiger partial charge >= 0.3 is 0 Å². The number of carbonyl (C=O) groups is 1. The van der Waals surface area contributed by atoms with Gasteiger partial charge in [-0.1, -0.05) is 55.8 Å². The first-order chi connectivity index (χ1) is 21.2. The van der Waals surface area contributed by atoms with Crippen LogP contribution in [0.4, 0.5) is 5.69 Å². The minimum atomic E-state index is -0.276. The quantitative estimate of drug-likeness (QED) is 0.176. The topological polar surface area (TPSA) is 94.8 Å². The van der Waals surface area contributed by atoms with Crippen molar-refractivity contribution in [3.63, 3.8) is 0 Å². The fraction of sp³-hybridized carbons (Fsp3) is 0.222. The summed E-state index contributed by atoms with van der Waals surface area (Å²) in [6, 6.07) is 26.1. The molecule has 0 spiro atoms. The van der Waals surface area contributed by atoms with E-state index in [2.05, 4.69) is 24.3 Å². The SMILES string of the molecule is CCOc1cc(C)c(-c2nc3ccccc3c(=O)n2N=Cc2cccc(OCC(=O)Nc3ccc(C)cc3)c2)cc1C(C)C. The summed E-state index contributed by atoms with van der Waals surface area (Å²) in [6.07, 6.45) is 1.59. The summed E-state index contributed by atoms with van der Waals surface area (Å²) in [4.78, 5) is 31.1. The standard InChI is InChI=1S/C36H36N4O4/c1-6-43-33-18-25(5)31(20-30(33)23(2)3)35-39-32-13-8-7-12-29(32)36(42)40(35)37-21-26-10-9-11-28(19-26)44-22-34(41)38-27-16-14-24(4)15-17-27/h7-21,23H,6,22H2,1-5H3,(H,38,41). The lowest BCUT2D eigenvalue weighted by Crippen LogP contribution is -2.21. The molecule has 8 heteroatoms. The van der Waals surface area contributed by atoms with Crippen molar-refractivity contribution in [2.75, 3.05) is 18.5 Å². The first kappa shape index (κ1) is 30.2. The minimum Gasteiger partial charge on any atom is -0.494 e. The third-order valence-corrected chi connectivity index (χ3v) is 7.16. The van der Waals surface area contributed by atoms with Gasteiger partial charge < -0.3 is 14.8 Å². The fourth-order valence-corrected chi connectivity index (χ4v) is 4.87. The molecule has 0 aliphatic heterocycles. The van der Waals surface area contributed by atoms with E-state index in [-0.39, 0.29) is 24.0 Å². The lowest BCUT2D eigenvalue weighted by molar-refractivity contribution is -0.118. The number of fused-ring (bicyclic) bond motifs is 1. The predicted molar refractivity (Wildman–Crippen MR) is 176 cm³/mol. The smallest absolute Gasteiger partial charge is 0.282 e.